The Morgan fingerprint density at radius 1 is 1.40 bits per heavy atom. The molecule has 0 aliphatic carbocycles. The second-order valence-electron chi connectivity index (χ2n) is 2.79. The van der Waals surface area contributed by atoms with Crippen LogP contribution >= 0.6 is 11.6 Å². The van der Waals surface area contributed by atoms with Crippen molar-refractivity contribution in [3.63, 3.8) is 0 Å². The summed E-state index contributed by atoms with van der Waals surface area (Å²) in [6.45, 7) is 0. The van der Waals surface area contributed by atoms with E-state index in [2.05, 4.69) is 20.5 Å². The molecule has 2 N–H and O–H groups in total. The van der Waals surface area contributed by atoms with E-state index in [0.29, 0.717) is 16.5 Å². The second-order valence-corrected chi connectivity index (χ2v) is 3.18. The SMILES string of the molecule is O=C(Nc1ccnc(Cl)c1)c1ccn[nH]1. The fraction of sp³-hybridized carbons (Fsp3) is 0. The monoisotopic (exact) mass is 222 g/mol. The van der Waals surface area contributed by atoms with E-state index >= 15 is 0 Å². The van der Waals surface area contributed by atoms with Crippen LogP contribution < -0.4 is 5.32 Å². The average Bonchev–Trinajstić information content (AvgIpc) is 2.70. The molecular weight excluding hydrogens is 216 g/mol. The Kier molecular flexibility index (Phi) is 2.64. The van der Waals surface area contributed by atoms with Crippen molar-refractivity contribution < 1.29 is 4.79 Å². The molecule has 2 rings (SSSR count). The van der Waals surface area contributed by atoms with E-state index in [9.17, 15) is 4.79 Å². The molecule has 0 bridgehead atoms. The van der Waals surface area contributed by atoms with Gasteiger partial charge in [-0.25, -0.2) is 4.98 Å². The number of halogens is 1. The molecule has 0 saturated heterocycles. The molecule has 0 aliphatic heterocycles. The van der Waals surface area contributed by atoms with Gasteiger partial charge in [0.05, 0.1) is 0 Å². The number of hydrogen-bond acceptors (Lipinski definition) is 3. The predicted octanol–water partition coefficient (Wildman–Crippen LogP) is 1.71. The molecule has 2 heterocycles. The highest BCUT2D eigenvalue weighted by Crippen LogP contribution is 2.12. The van der Waals surface area contributed by atoms with Crippen molar-refractivity contribution in [3.05, 3.63) is 41.4 Å². The minimum absolute atomic E-state index is 0.269. The first-order valence-electron chi connectivity index (χ1n) is 4.18. The van der Waals surface area contributed by atoms with E-state index in [0.717, 1.165) is 0 Å². The topological polar surface area (TPSA) is 70.7 Å². The Labute approximate surface area is 90.5 Å². The smallest absolute Gasteiger partial charge is 0.273 e. The first kappa shape index (κ1) is 9.67. The number of pyridine rings is 1. The molecule has 76 valence electrons. The molecule has 0 saturated carbocycles. The maximum atomic E-state index is 11.5. The standard InChI is InChI=1S/C9H7ClN4O/c10-8-5-6(1-3-11-8)13-9(15)7-2-4-12-14-7/h1-5H,(H,12,14)(H,11,13,15). The van der Waals surface area contributed by atoms with Gasteiger partial charge in [0.15, 0.2) is 0 Å². The van der Waals surface area contributed by atoms with Crippen LogP contribution in [0.2, 0.25) is 5.15 Å². The van der Waals surface area contributed by atoms with Gasteiger partial charge >= 0.3 is 0 Å². The first-order valence-corrected chi connectivity index (χ1v) is 4.56. The van der Waals surface area contributed by atoms with Crippen LogP contribution in [0.3, 0.4) is 0 Å². The molecule has 1 amide bonds. The van der Waals surface area contributed by atoms with Gasteiger partial charge in [-0.3, -0.25) is 9.89 Å². The molecule has 0 aliphatic rings. The van der Waals surface area contributed by atoms with Crippen molar-refractivity contribution in [3.8, 4) is 0 Å². The third-order valence-corrected chi connectivity index (χ3v) is 1.94. The number of carbonyl (C=O) groups is 1. The molecule has 2 aromatic rings. The van der Waals surface area contributed by atoms with Crippen molar-refractivity contribution in [2.75, 3.05) is 5.32 Å². The van der Waals surface area contributed by atoms with Gasteiger partial charge in [-0.2, -0.15) is 5.10 Å². The van der Waals surface area contributed by atoms with Gasteiger partial charge < -0.3 is 5.32 Å². The molecule has 0 unspecified atom stereocenters. The molecule has 0 fully saturated rings. The summed E-state index contributed by atoms with van der Waals surface area (Å²) in [6.07, 6.45) is 3.03. The number of amides is 1. The van der Waals surface area contributed by atoms with Gasteiger partial charge in [-0.1, -0.05) is 11.6 Å². The number of carbonyl (C=O) groups excluding carboxylic acids is 1. The zero-order valence-corrected chi connectivity index (χ0v) is 8.32. The van der Waals surface area contributed by atoms with Gasteiger partial charge in [0.25, 0.3) is 5.91 Å². The summed E-state index contributed by atoms with van der Waals surface area (Å²) >= 11 is 5.67. The number of nitrogens with one attached hydrogen (secondary N) is 2. The first-order chi connectivity index (χ1) is 7.25. The van der Waals surface area contributed by atoms with E-state index in [4.69, 9.17) is 11.6 Å². The normalized spacial score (nSPS) is 9.93. The minimum atomic E-state index is -0.269. The zero-order valence-electron chi connectivity index (χ0n) is 7.57. The third-order valence-electron chi connectivity index (χ3n) is 1.73. The van der Waals surface area contributed by atoms with Crippen molar-refractivity contribution >= 4 is 23.2 Å². The van der Waals surface area contributed by atoms with Gasteiger partial charge in [-0.15, -0.1) is 0 Å². The Balaban J connectivity index is 2.13. The minimum Gasteiger partial charge on any atom is -0.321 e. The fourth-order valence-corrected chi connectivity index (χ4v) is 1.23. The third kappa shape index (κ3) is 2.32. The number of aromatic amines is 1. The summed E-state index contributed by atoms with van der Waals surface area (Å²) in [5.41, 5.74) is 0.984. The number of rotatable bonds is 2. The maximum Gasteiger partial charge on any atom is 0.273 e. The van der Waals surface area contributed by atoms with Crippen LogP contribution in [0, 0.1) is 0 Å². The fourth-order valence-electron chi connectivity index (χ4n) is 1.06. The van der Waals surface area contributed by atoms with Crippen LogP contribution in [0.5, 0.6) is 0 Å². The van der Waals surface area contributed by atoms with Crippen molar-refractivity contribution in [2.24, 2.45) is 0 Å². The average molecular weight is 223 g/mol. The van der Waals surface area contributed by atoms with Gasteiger partial charge in [0.1, 0.15) is 10.8 Å². The second kappa shape index (κ2) is 4.10. The summed E-state index contributed by atoms with van der Waals surface area (Å²) in [4.78, 5) is 15.3. The Hall–Kier alpha value is -1.88. The summed E-state index contributed by atoms with van der Waals surface area (Å²) in [7, 11) is 0. The largest absolute Gasteiger partial charge is 0.321 e. The van der Waals surface area contributed by atoms with E-state index in [1.165, 1.54) is 12.4 Å². The van der Waals surface area contributed by atoms with Crippen LogP contribution in [-0.2, 0) is 0 Å². The van der Waals surface area contributed by atoms with Crippen molar-refractivity contribution in [1.82, 2.24) is 15.2 Å². The van der Waals surface area contributed by atoms with E-state index in [1.807, 2.05) is 0 Å². The summed E-state index contributed by atoms with van der Waals surface area (Å²) in [5, 5.41) is 9.22. The highest BCUT2D eigenvalue weighted by atomic mass is 35.5. The van der Waals surface area contributed by atoms with Crippen LogP contribution in [0.25, 0.3) is 0 Å². The Bertz CT molecular complexity index is 469. The lowest BCUT2D eigenvalue weighted by atomic mass is 10.3. The zero-order chi connectivity index (χ0) is 10.7. The Morgan fingerprint density at radius 3 is 2.93 bits per heavy atom. The maximum absolute atomic E-state index is 11.5. The van der Waals surface area contributed by atoms with Crippen molar-refractivity contribution in [2.45, 2.75) is 0 Å². The quantitative estimate of drug-likeness (QED) is 0.760. The van der Waals surface area contributed by atoms with Crippen molar-refractivity contribution in [1.29, 1.82) is 0 Å². The molecule has 0 spiro atoms. The summed E-state index contributed by atoms with van der Waals surface area (Å²) in [5.74, 6) is -0.269. The molecule has 0 aromatic carbocycles. The summed E-state index contributed by atoms with van der Waals surface area (Å²) < 4.78 is 0. The van der Waals surface area contributed by atoms with Crippen LogP contribution in [-0.4, -0.2) is 21.1 Å². The molecule has 0 atom stereocenters. The number of nitrogens with zero attached hydrogens (tertiary/aromatic N) is 2. The molecule has 0 radical (unpaired) electrons. The van der Waals surface area contributed by atoms with Gasteiger partial charge in [-0.05, 0) is 18.2 Å². The van der Waals surface area contributed by atoms with Gasteiger partial charge in [0.2, 0.25) is 0 Å². The highest BCUT2D eigenvalue weighted by Gasteiger charge is 2.06. The molecule has 15 heavy (non-hydrogen) atoms. The van der Waals surface area contributed by atoms with E-state index in [-0.39, 0.29) is 5.91 Å². The predicted molar refractivity (Wildman–Crippen MR) is 55.8 cm³/mol. The number of aromatic nitrogens is 3. The highest BCUT2D eigenvalue weighted by molar-refractivity contribution is 6.29. The lowest BCUT2D eigenvalue weighted by molar-refractivity contribution is 0.102. The van der Waals surface area contributed by atoms with Crippen LogP contribution in [0.15, 0.2) is 30.6 Å². The van der Waals surface area contributed by atoms with Crippen LogP contribution in [0.1, 0.15) is 10.5 Å². The summed E-state index contributed by atoms with van der Waals surface area (Å²) in [6, 6.07) is 4.80. The molecule has 5 nitrogen and oxygen atoms in total. The van der Waals surface area contributed by atoms with E-state index < -0.39 is 0 Å². The lowest BCUT2D eigenvalue weighted by Gasteiger charge is -2.02. The Morgan fingerprint density at radius 2 is 2.27 bits per heavy atom. The van der Waals surface area contributed by atoms with E-state index in [1.54, 1.807) is 18.2 Å². The molecule has 6 heteroatoms. The number of anilines is 1. The number of hydrogen-bond donors (Lipinski definition) is 2. The van der Waals surface area contributed by atoms with Crippen LogP contribution in [0.4, 0.5) is 5.69 Å². The number of H-pyrrole nitrogens is 1. The lowest BCUT2D eigenvalue weighted by Crippen LogP contribution is -2.12. The molecular formula is C9H7ClN4O. The molecule has 2 aromatic heterocycles. The van der Waals surface area contributed by atoms with Gasteiger partial charge in [0, 0.05) is 18.1 Å².